The van der Waals surface area contributed by atoms with Crippen LogP contribution in [0.5, 0.6) is 0 Å². The SMILES string of the molecule is C[C@H](C(=O)Nc1cccc(C#N)c1)N1CCC(OCCN(C)C)CC1. The number of likely N-dealkylation sites (tertiary alicyclic amines) is 1. The Labute approximate surface area is 150 Å². The van der Waals surface area contributed by atoms with Gasteiger partial charge in [-0.15, -0.1) is 0 Å². The largest absolute Gasteiger partial charge is 0.377 e. The molecule has 0 aromatic heterocycles. The highest BCUT2D eigenvalue weighted by molar-refractivity contribution is 5.94. The van der Waals surface area contributed by atoms with Crippen LogP contribution in [0.25, 0.3) is 0 Å². The summed E-state index contributed by atoms with van der Waals surface area (Å²) in [6.45, 7) is 5.33. The third kappa shape index (κ3) is 6.13. The van der Waals surface area contributed by atoms with Crippen molar-refractivity contribution in [3.63, 3.8) is 0 Å². The van der Waals surface area contributed by atoms with Gasteiger partial charge >= 0.3 is 0 Å². The second-order valence-electron chi connectivity index (χ2n) is 6.77. The van der Waals surface area contributed by atoms with E-state index in [1.54, 1.807) is 24.3 Å². The summed E-state index contributed by atoms with van der Waals surface area (Å²) in [4.78, 5) is 16.8. The van der Waals surface area contributed by atoms with Crippen LogP contribution in [0, 0.1) is 11.3 Å². The van der Waals surface area contributed by atoms with Crippen molar-refractivity contribution >= 4 is 11.6 Å². The van der Waals surface area contributed by atoms with Gasteiger partial charge in [-0.2, -0.15) is 5.26 Å². The van der Waals surface area contributed by atoms with Crippen molar-refractivity contribution in [1.82, 2.24) is 9.80 Å². The van der Waals surface area contributed by atoms with Crippen LogP contribution >= 0.6 is 0 Å². The fourth-order valence-corrected chi connectivity index (χ4v) is 2.91. The first-order valence-electron chi connectivity index (χ1n) is 8.81. The van der Waals surface area contributed by atoms with Gasteiger partial charge < -0.3 is 15.0 Å². The number of hydrogen-bond donors (Lipinski definition) is 1. The van der Waals surface area contributed by atoms with E-state index >= 15 is 0 Å². The van der Waals surface area contributed by atoms with E-state index in [0.717, 1.165) is 39.1 Å². The van der Waals surface area contributed by atoms with Gasteiger partial charge in [-0.1, -0.05) is 6.07 Å². The first kappa shape index (κ1) is 19.4. The molecule has 0 unspecified atom stereocenters. The average molecular weight is 344 g/mol. The molecule has 0 spiro atoms. The lowest BCUT2D eigenvalue weighted by Crippen LogP contribution is -2.47. The zero-order valence-corrected chi connectivity index (χ0v) is 15.4. The van der Waals surface area contributed by atoms with Crippen LogP contribution < -0.4 is 5.32 Å². The molecule has 6 heteroatoms. The molecule has 1 aliphatic rings. The van der Waals surface area contributed by atoms with Crippen LogP contribution in [0.15, 0.2) is 24.3 Å². The molecular weight excluding hydrogens is 316 g/mol. The average Bonchev–Trinajstić information content (AvgIpc) is 2.61. The molecule has 6 nitrogen and oxygen atoms in total. The number of carbonyl (C=O) groups excluding carboxylic acids is 1. The van der Waals surface area contributed by atoms with Crippen LogP contribution in [-0.4, -0.2) is 68.2 Å². The number of amides is 1. The Morgan fingerprint density at radius 1 is 1.44 bits per heavy atom. The number of anilines is 1. The molecule has 1 aliphatic heterocycles. The Morgan fingerprint density at radius 2 is 2.16 bits per heavy atom. The van der Waals surface area contributed by atoms with Gasteiger partial charge in [-0.3, -0.25) is 9.69 Å². The highest BCUT2D eigenvalue weighted by Gasteiger charge is 2.27. The molecule has 1 amide bonds. The second-order valence-corrected chi connectivity index (χ2v) is 6.77. The Bertz CT molecular complexity index is 604. The topological polar surface area (TPSA) is 68.6 Å². The minimum Gasteiger partial charge on any atom is -0.377 e. The van der Waals surface area contributed by atoms with Gasteiger partial charge in [0.05, 0.1) is 30.4 Å². The normalized spacial score (nSPS) is 17.2. The van der Waals surface area contributed by atoms with Gasteiger partial charge in [0.2, 0.25) is 5.91 Å². The highest BCUT2D eigenvalue weighted by Crippen LogP contribution is 2.17. The Kier molecular flexibility index (Phi) is 7.38. The highest BCUT2D eigenvalue weighted by atomic mass is 16.5. The van der Waals surface area contributed by atoms with Crippen LogP contribution in [-0.2, 0) is 9.53 Å². The predicted octanol–water partition coefficient (Wildman–Crippen LogP) is 1.93. The minimum absolute atomic E-state index is 0.0398. The smallest absolute Gasteiger partial charge is 0.241 e. The molecule has 0 bridgehead atoms. The summed E-state index contributed by atoms with van der Waals surface area (Å²) in [7, 11) is 4.08. The van der Waals surface area contributed by atoms with Crippen molar-refractivity contribution < 1.29 is 9.53 Å². The number of ether oxygens (including phenoxy) is 1. The zero-order chi connectivity index (χ0) is 18.2. The Morgan fingerprint density at radius 3 is 2.80 bits per heavy atom. The van der Waals surface area contributed by atoms with Crippen molar-refractivity contribution in [2.24, 2.45) is 0 Å². The maximum Gasteiger partial charge on any atom is 0.241 e. The molecule has 1 fully saturated rings. The second kappa shape index (κ2) is 9.52. The van der Waals surface area contributed by atoms with Gasteiger partial charge in [-0.05, 0) is 52.1 Å². The standard InChI is InChI=1S/C19H28N4O2/c1-15(19(24)21-17-6-4-5-16(13-17)14-20)23-9-7-18(8-10-23)25-12-11-22(2)3/h4-6,13,15,18H,7-12H2,1-3H3,(H,21,24)/t15-/m1/s1. The van der Waals surface area contributed by atoms with Gasteiger partial charge in [0, 0.05) is 25.3 Å². The van der Waals surface area contributed by atoms with Gasteiger partial charge in [0.25, 0.3) is 0 Å². The summed E-state index contributed by atoms with van der Waals surface area (Å²) < 4.78 is 5.90. The van der Waals surface area contributed by atoms with Gasteiger partial charge in [0.15, 0.2) is 0 Å². The van der Waals surface area contributed by atoms with Crippen LogP contribution in [0.3, 0.4) is 0 Å². The van der Waals surface area contributed by atoms with Gasteiger partial charge in [-0.25, -0.2) is 0 Å². The molecule has 1 atom stereocenters. The first-order chi connectivity index (χ1) is 12.0. The number of nitrogens with zero attached hydrogens (tertiary/aromatic N) is 3. The van der Waals surface area contributed by atoms with Crippen molar-refractivity contribution in [3.05, 3.63) is 29.8 Å². The number of hydrogen-bond acceptors (Lipinski definition) is 5. The molecule has 1 aromatic carbocycles. The quantitative estimate of drug-likeness (QED) is 0.818. The fraction of sp³-hybridized carbons (Fsp3) is 0.579. The van der Waals surface area contributed by atoms with E-state index < -0.39 is 0 Å². The molecule has 0 aliphatic carbocycles. The van der Waals surface area contributed by atoms with Crippen molar-refractivity contribution in [2.75, 3.05) is 45.7 Å². The maximum absolute atomic E-state index is 12.5. The summed E-state index contributed by atoms with van der Waals surface area (Å²) in [6.07, 6.45) is 2.20. The van der Waals surface area contributed by atoms with Crippen LogP contribution in [0.2, 0.25) is 0 Å². The monoisotopic (exact) mass is 344 g/mol. The fourth-order valence-electron chi connectivity index (χ4n) is 2.91. The van der Waals surface area contributed by atoms with E-state index in [1.807, 2.05) is 21.0 Å². The van der Waals surface area contributed by atoms with Gasteiger partial charge in [0.1, 0.15) is 0 Å². The van der Waals surface area contributed by atoms with E-state index in [4.69, 9.17) is 10.00 Å². The van der Waals surface area contributed by atoms with Crippen molar-refractivity contribution in [3.8, 4) is 6.07 Å². The number of benzene rings is 1. The lowest BCUT2D eigenvalue weighted by atomic mass is 10.1. The summed E-state index contributed by atoms with van der Waals surface area (Å²) in [6, 6.07) is 8.87. The van der Waals surface area contributed by atoms with E-state index in [0.29, 0.717) is 17.4 Å². The summed E-state index contributed by atoms with van der Waals surface area (Å²) in [5.74, 6) is -0.0398. The molecule has 1 heterocycles. The number of likely N-dealkylation sites (N-methyl/N-ethyl adjacent to an activating group) is 1. The van der Waals surface area contributed by atoms with Crippen LogP contribution in [0.1, 0.15) is 25.3 Å². The maximum atomic E-state index is 12.5. The minimum atomic E-state index is -0.200. The lowest BCUT2D eigenvalue weighted by molar-refractivity contribution is -0.121. The number of carbonyl (C=O) groups is 1. The number of piperidine rings is 1. The number of rotatable bonds is 7. The molecule has 1 aromatic rings. The predicted molar refractivity (Wildman–Crippen MR) is 98.3 cm³/mol. The molecule has 25 heavy (non-hydrogen) atoms. The van der Waals surface area contributed by atoms with Crippen molar-refractivity contribution in [2.45, 2.75) is 31.9 Å². The molecule has 0 saturated carbocycles. The van der Waals surface area contributed by atoms with Crippen LogP contribution in [0.4, 0.5) is 5.69 Å². The summed E-state index contributed by atoms with van der Waals surface area (Å²) in [5.41, 5.74) is 1.21. The molecule has 136 valence electrons. The summed E-state index contributed by atoms with van der Waals surface area (Å²) in [5, 5.41) is 11.8. The zero-order valence-electron chi connectivity index (χ0n) is 15.4. The lowest BCUT2D eigenvalue weighted by Gasteiger charge is -2.35. The molecular formula is C19H28N4O2. The molecule has 1 saturated heterocycles. The first-order valence-corrected chi connectivity index (χ1v) is 8.81. The van der Waals surface area contributed by atoms with Crippen molar-refractivity contribution in [1.29, 1.82) is 5.26 Å². The van der Waals surface area contributed by atoms with E-state index in [1.165, 1.54) is 0 Å². The number of nitrogens with one attached hydrogen (secondary N) is 1. The molecule has 0 radical (unpaired) electrons. The third-order valence-corrected chi connectivity index (χ3v) is 4.56. The molecule has 1 N–H and O–H groups in total. The van der Waals surface area contributed by atoms with E-state index in [-0.39, 0.29) is 11.9 Å². The number of nitriles is 1. The van der Waals surface area contributed by atoms with E-state index in [9.17, 15) is 4.79 Å². The Balaban J connectivity index is 1.78. The summed E-state index contributed by atoms with van der Waals surface area (Å²) >= 11 is 0. The Hall–Kier alpha value is -1.94. The van der Waals surface area contributed by atoms with E-state index in [2.05, 4.69) is 21.2 Å². The molecule has 2 rings (SSSR count). The third-order valence-electron chi connectivity index (χ3n) is 4.56.